The highest BCUT2D eigenvalue weighted by molar-refractivity contribution is 7.80. The van der Waals surface area contributed by atoms with E-state index in [1.165, 1.54) is 6.07 Å². The quantitative estimate of drug-likeness (QED) is 0.573. The smallest absolute Gasteiger partial charge is 0.196 e. The number of halogens is 5. The van der Waals surface area contributed by atoms with Crippen molar-refractivity contribution in [1.82, 2.24) is 0 Å². The number of hydrogen-bond acceptors (Lipinski definition) is 1. The molecule has 0 aromatic heterocycles. The van der Waals surface area contributed by atoms with Gasteiger partial charge in [-0.1, -0.05) is 23.2 Å². The zero-order valence-corrected chi connectivity index (χ0v) is 12.5. The number of hydrogen-bond donors (Lipinski definition) is 2. The summed E-state index contributed by atoms with van der Waals surface area (Å²) in [5.74, 6) is -4.22. The molecule has 0 aliphatic carbocycles. The number of benzene rings is 2. The molecule has 0 radical (unpaired) electrons. The summed E-state index contributed by atoms with van der Waals surface area (Å²) in [4.78, 5) is 0. The van der Waals surface area contributed by atoms with Crippen LogP contribution in [0.25, 0.3) is 0 Å². The van der Waals surface area contributed by atoms with E-state index >= 15 is 0 Å². The lowest BCUT2D eigenvalue weighted by molar-refractivity contribution is 0.449. The minimum absolute atomic E-state index is 0.0378. The van der Waals surface area contributed by atoms with Crippen LogP contribution in [0.15, 0.2) is 30.3 Å². The predicted molar refractivity (Wildman–Crippen MR) is 82.6 cm³/mol. The van der Waals surface area contributed by atoms with Gasteiger partial charge in [0.2, 0.25) is 0 Å². The fraction of sp³-hybridized carbons (Fsp3) is 0. The van der Waals surface area contributed by atoms with Crippen LogP contribution in [-0.2, 0) is 0 Å². The molecule has 0 unspecified atom stereocenters. The molecule has 2 aromatic carbocycles. The highest BCUT2D eigenvalue weighted by Gasteiger charge is 2.14. The van der Waals surface area contributed by atoms with E-state index in [9.17, 15) is 13.2 Å². The molecule has 2 aromatic rings. The largest absolute Gasteiger partial charge is 0.331 e. The van der Waals surface area contributed by atoms with Gasteiger partial charge < -0.3 is 10.6 Å². The first-order valence-corrected chi connectivity index (χ1v) is 6.71. The second-order valence-electron chi connectivity index (χ2n) is 3.93. The SMILES string of the molecule is Fc1ccc(NC(=S)Nc2ccc(Cl)cc2Cl)c(F)c1F. The maximum Gasteiger partial charge on any atom is 0.196 e. The minimum atomic E-state index is -1.58. The Labute approximate surface area is 133 Å². The number of anilines is 2. The van der Waals surface area contributed by atoms with E-state index in [2.05, 4.69) is 10.6 Å². The lowest BCUT2D eigenvalue weighted by Gasteiger charge is -2.12. The molecule has 8 heteroatoms. The molecule has 0 bridgehead atoms. The van der Waals surface area contributed by atoms with Gasteiger partial charge in [0, 0.05) is 5.02 Å². The van der Waals surface area contributed by atoms with Gasteiger partial charge in [-0.05, 0) is 42.5 Å². The molecule has 0 aliphatic rings. The lowest BCUT2D eigenvalue weighted by Crippen LogP contribution is -2.20. The Bertz CT molecular complexity index is 710. The second-order valence-corrected chi connectivity index (χ2v) is 5.18. The van der Waals surface area contributed by atoms with Gasteiger partial charge in [-0.3, -0.25) is 0 Å². The van der Waals surface area contributed by atoms with Crippen LogP contribution in [0.4, 0.5) is 24.5 Å². The molecule has 0 saturated carbocycles. The van der Waals surface area contributed by atoms with Crippen LogP contribution in [-0.4, -0.2) is 5.11 Å². The third-order valence-corrected chi connectivity index (χ3v) is 3.21. The van der Waals surface area contributed by atoms with Crippen molar-refractivity contribution >= 4 is 51.9 Å². The van der Waals surface area contributed by atoms with E-state index in [1.54, 1.807) is 12.1 Å². The van der Waals surface area contributed by atoms with Crippen molar-refractivity contribution in [3.05, 3.63) is 57.8 Å². The Morgan fingerprint density at radius 1 is 0.905 bits per heavy atom. The number of nitrogens with one attached hydrogen (secondary N) is 2. The molecule has 2 rings (SSSR count). The van der Waals surface area contributed by atoms with Crippen LogP contribution in [0.3, 0.4) is 0 Å². The van der Waals surface area contributed by atoms with Crippen molar-refractivity contribution in [3.8, 4) is 0 Å². The highest BCUT2D eigenvalue weighted by atomic mass is 35.5. The van der Waals surface area contributed by atoms with Crippen molar-refractivity contribution in [2.75, 3.05) is 10.6 Å². The Kier molecular flexibility index (Phi) is 4.92. The number of rotatable bonds is 2. The van der Waals surface area contributed by atoms with E-state index in [4.69, 9.17) is 35.4 Å². The average Bonchev–Trinajstić information content (AvgIpc) is 2.43. The highest BCUT2D eigenvalue weighted by Crippen LogP contribution is 2.26. The molecule has 0 atom stereocenters. The molecule has 110 valence electrons. The van der Waals surface area contributed by atoms with E-state index in [1.807, 2.05) is 0 Å². The van der Waals surface area contributed by atoms with Crippen LogP contribution >= 0.6 is 35.4 Å². The van der Waals surface area contributed by atoms with E-state index in [-0.39, 0.29) is 10.8 Å². The normalized spacial score (nSPS) is 10.3. The third kappa shape index (κ3) is 3.78. The van der Waals surface area contributed by atoms with E-state index in [0.717, 1.165) is 12.1 Å². The van der Waals surface area contributed by atoms with Crippen molar-refractivity contribution in [2.45, 2.75) is 0 Å². The Hall–Kier alpha value is -1.50. The van der Waals surface area contributed by atoms with Crippen LogP contribution in [0, 0.1) is 17.5 Å². The van der Waals surface area contributed by atoms with E-state index in [0.29, 0.717) is 15.7 Å². The van der Waals surface area contributed by atoms with Gasteiger partial charge in [0.1, 0.15) is 0 Å². The summed E-state index contributed by atoms with van der Waals surface area (Å²) in [6, 6.07) is 6.47. The maximum atomic E-state index is 13.5. The zero-order chi connectivity index (χ0) is 15.6. The van der Waals surface area contributed by atoms with Gasteiger partial charge in [0.25, 0.3) is 0 Å². The molecule has 0 saturated heterocycles. The Morgan fingerprint density at radius 2 is 1.52 bits per heavy atom. The summed E-state index contributed by atoms with van der Waals surface area (Å²) < 4.78 is 39.4. The van der Waals surface area contributed by atoms with Crippen molar-refractivity contribution < 1.29 is 13.2 Å². The standard InChI is InChI=1S/C13H7Cl2F3N2S/c14-6-1-3-9(7(15)5-6)19-13(21)20-10-4-2-8(16)11(17)12(10)18/h1-5H,(H2,19,20,21). The number of thiocarbonyl (C=S) groups is 1. The van der Waals surface area contributed by atoms with Crippen molar-refractivity contribution in [3.63, 3.8) is 0 Å². The van der Waals surface area contributed by atoms with Gasteiger partial charge in [0.15, 0.2) is 22.6 Å². The third-order valence-electron chi connectivity index (χ3n) is 2.46. The van der Waals surface area contributed by atoms with Crippen LogP contribution in [0.1, 0.15) is 0 Å². The molecule has 2 nitrogen and oxygen atoms in total. The first kappa shape index (κ1) is 15.9. The topological polar surface area (TPSA) is 24.1 Å². The monoisotopic (exact) mass is 350 g/mol. The maximum absolute atomic E-state index is 13.5. The van der Waals surface area contributed by atoms with Gasteiger partial charge in [-0.2, -0.15) is 0 Å². The van der Waals surface area contributed by atoms with Gasteiger partial charge >= 0.3 is 0 Å². The molecule has 0 aliphatic heterocycles. The molecule has 21 heavy (non-hydrogen) atoms. The first-order valence-electron chi connectivity index (χ1n) is 5.55. The molecule has 2 N–H and O–H groups in total. The average molecular weight is 351 g/mol. The summed E-state index contributed by atoms with van der Waals surface area (Å²) in [5, 5.41) is 5.82. The minimum Gasteiger partial charge on any atom is -0.331 e. The summed E-state index contributed by atoms with van der Waals surface area (Å²) in [7, 11) is 0. The Balaban J connectivity index is 2.14. The van der Waals surface area contributed by atoms with Crippen molar-refractivity contribution in [2.24, 2.45) is 0 Å². The molecular formula is C13H7Cl2F3N2S. The zero-order valence-electron chi connectivity index (χ0n) is 10.2. The fourth-order valence-corrected chi connectivity index (χ4v) is 2.16. The molecule has 0 heterocycles. The molecular weight excluding hydrogens is 344 g/mol. The molecule has 0 fully saturated rings. The summed E-state index contributed by atoms with van der Waals surface area (Å²) in [6.45, 7) is 0. The van der Waals surface area contributed by atoms with Gasteiger partial charge in [-0.15, -0.1) is 0 Å². The molecule has 0 amide bonds. The lowest BCUT2D eigenvalue weighted by atomic mass is 10.3. The molecule has 0 spiro atoms. The van der Waals surface area contributed by atoms with Crippen LogP contribution < -0.4 is 10.6 Å². The summed E-state index contributed by atoms with van der Waals surface area (Å²) in [5.41, 5.74) is 0.137. The second kappa shape index (κ2) is 6.51. The fourth-order valence-electron chi connectivity index (χ4n) is 1.49. The van der Waals surface area contributed by atoms with E-state index < -0.39 is 17.5 Å². The Morgan fingerprint density at radius 3 is 2.19 bits per heavy atom. The van der Waals surface area contributed by atoms with Gasteiger partial charge in [-0.25, -0.2) is 13.2 Å². The van der Waals surface area contributed by atoms with Crippen LogP contribution in [0.5, 0.6) is 0 Å². The van der Waals surface area contributed by atoms with Gasteiger partial charge in [0.05, 0.1) is 16.4 Å². The summed E-state index contributed by atoms with van der Waals surface area (Å²) in [6.07, 6.45) is 0. The first-order chi connectivity index (χ1) is 9.88. The summed E-state index contributed by atoms with van der Waals surface area (Å²) >= 11 is 16.6. The van der Waals surface area contributed by atoms with Crippen molar-refractivity contribution in [1.29, 1.82) is 0 Å². The van der Waals surface area contributed by atoms with Crippen LogP contribution in [0.2, 0.25) is 10.0 Å². The predicted octanol–water partition coefficient (Wildman–Crippen LogP) is 5.22.